The second-order valence-electron chi connectivity index (χ2n) is 2.91. The minimum Gasteiger partial charge on any atom is -0.459 e. The molecule has 0 radical (unpaired) electrons. The molecule has 0 aromatic carbocycles. The summed E-state index contributed by atoms with van der Waals surface area (Å²) >= 11 is 0. The smallest absolute Gasteiger partial charge is 0.320 e. The molecular weight excluding hydrogens is 213 g/mol. The number of nitrogen functional groups attached to an aromatic ring is 1. The van der Waals surface area contributed by atoms with Crippen LogP contribution in [0.25, 0.3) is 11.2 Å². The summed E-state index contributed by atoms with van der Waals surface area (Å²) in [6.07, 6.45) is 2.13. The van der Waals surface area contributed by atoms with E-state index in [1.54, 1.807) is 6.33 Å². The second-order valence-corrected chi connectivity index (χ2v) is 3.24. The molecule has 2 rings (SSSR count). The lowest BCUT2D eigenvalue weighted by molar-refractivity contribution is 0.361. The molecule has 1 atom stereocenters. The van der Waals surface area contributed by atoms with Crippen molar-refractivity contribution in [1.29, 1.82) is 0 Å². The lowest BCUT2D eigenvalue weighted by atomic mass is 10.5. The number of rotatable bonds is 3. The Balaban J connectivity index is 2.60. The van der Waals surface area contributed by atoms with E-state index < -0.39 is 0 Å². The third-order valence-electron chi connectivity index (χ3n) is 2.02. The van der Waals surface area contributed by atoms with E-state index in [0.717, 1.165) is 6.54 Å². The van der Waals surface area contributed by atoms with E-state index in [4.69, 9.17) is 10.5 Å². The monoisotopic (exact) mass is 225 g/mol. The first-order chi connectivity index (χ1) is 7.26. The molecule has 7 heteroatoms. The maximum absolute atomic E-state index is 5.74. The highest BCUT2D eigenvalue weighted by molar-refractivity contribution is 7.16. The fraction of sp³-hybridized carbons (Fsp3) is 0.375. The van der Waals surface area contributed by atoms with E-state index in [-0.39, 0.29) is 6.01 Å². The van der Waals surface area contributed by atoms with Crippen molar-refractivity contribution in [3.8, 4) is 6.01 Å². The van der Waals surface area contributed by atoms with Gasteiger partial charge in [-0.05, 0) is 6.92 Å². The standard InChI is InChI=1S/C8H12N5OP/c1-2-13-3-10-5-6(9)11-8(14-4-15)12-7(5)13/h3H,2,4,15H2,1H3,(H2,9,11,12). The first-order valence-corrected chi connectivity index (χ1v) is 5.39. The number of fused-ring (bicyclic) bond motifs is 1. The summed E-state index contributed by atoms with van der Waals surface area (Å²) in [5.74, 6) is 0.348. The van der Waals surface area contributed by atoms with Crippen LogP contribution in [0.15, 0.2) is 6.33 Å². The van der Waals surface area contributed by atoms with Gasteiger partial charge in [-0.15, -0.1) is 0 Å². The van der Waals surface area contributed by atoms with Gasteiger partial charge in [0.1, 0.15) is 11.9 Å². The fourth-order valence-corrected chi connectivity index (χ4v) is 1.46. The highest BCUT2D eigenvalue weighted by Crippen LogP contribution is 2.19. The molecule has 2 aromatic heterocycles. The zero-order valence-electron chi connectivity index (χ0n) is 8.34. The summed E-state index contributed by atoms with van der Waals surface area (Å²) in [4.78, 5) is 12.4. The first kappa shape index (κ1) is 10.1. The van der Waals surface area contributed by atoms with E-state index in [1.807, 2.05) is 11.5 Å². The van der Waals surface area contributed by atoms with Gasteiger partial charge in [0.05, 0.1) is 6.33 Å². The molecule has 0 saturated carbocycles. The molecule has 0 aliphatic rings. The molecule has 0 saturated heterocycles. The van der Waals surface area contributed by atoms with E-state index in [2.05, 4.69) is 24.2 Å². The van der Waals surface area contributed by atoms with Gasteiger partial charge < -0.3 is 15.0 Å². The Labute approximate surface area is 89.1 Å². The normalized spacial score (nSPS) is 10.8. The van der Waals surface area contributed by atoms with Crippen LogP contribution in [0.3, 0.4) is 0 Å². The summed E-state index contributed by atoms with van der Waals surface area (Å²) < 4.78 is 7.08. The topological polar surface area (TPSA) is 78.9 Å². The van der Waals surface area contributed by atoms with E-state index >= 15 is 0 Å². The molecule has 80 valence electrons. The van der Waals surface area contributed by atoms with Crippen LogP contribution in [0.4, 0.5) is 5.82 Å². The number of nitrogens with two attached hydrogens (primary N) is 1. The Morgan fingerprint density at radius 1 is 1.53 bits per heavy atom. The predicted molar refractivity (Wildman–Crippen MR) is 60.6 cm³/mol. The van der Waals surface area contributed by atoms with Crippen LogP contribution in [-0.2, 0) is 6.54 Å². The Kier molecular flexibility index (Phi) is 2.68. The third-order valence-corrected chi connectivity index (χ3v) is 2.19. The highest BCUT2D eigenvalue weighted by Gasteiger charge is 2.10. The van der Waals surface area contributed by atoms with Gasteiger partial charge in [0.25, 0.3) is 0 Å². The lowest BCUT2D eigenvalue weighted by Crippen LogP contribution is -2.02. The van der Waals surface area contributed by atoms with Crippen molar-refractivity contribution >= 4 is 26.2 Å². The number of imidazole rings is 1. The molecule has 2 N–H and O–H groups in total. The van der Waals surface area contributed by atoms with E-state index in [0.29, 0.717) is 23.3 Å². The van der Waals surface area contributed by atoms with Crippen LogP contribution in [-0.4, -0.2) is 25.9 Å². The average molecular weight is 225 g/mol. The molecule has 0 amide bonds. The Hall–Kier alpha value is -1.42. The van der Waals surface area contributed by atoms with Crippen molar-refractivity contribution in [3.05, 3.63) is 6.33 Å². The zero-order valence-corrected chi connectivity index (χ0v) is 9.50. The molecule has 0 fully saturated rings. The van der Waals surface area contributed by atoms with Gasteiger partial charge >= 0.3 is 6.01 Å². The summed E-state index contributed by atoms with van der Waals surface area (Å²) in [6.45, 7) is 2.79. The molecule has 0 aliphatic heterocycles. The van der Waals surface area contributed by atoms with Gasteiger partial charge in [0, 0.05) is 6.54 Å². The number of aryl methyl sites for hydroxylation is 1. The molecule has 2 aromatic rings. The van der Waals surface area contributed by atoms with Crippen LogP contribution >= 0.6 is 9.24 Å². The lowest BCUT2D eigenvalue weighted by Gasteiger charge is -2.03. The molecule has 1 unspecified atom stereocenters. The maximum Gasteiger partial charge on any atom is 0.320 e. The molecule has 0 aliphatic carbocycles. The summed E-state index contributed by atoms with van der Waals surface area (Å²) in [5, 5.41) is 0. The van der Waals surface area contributed by atoms with Crippen molar-refractivity contribution in [2.45, 2.75) is 13.5 Å². The van der Waals surface area contributed by atoms with Gasteiger partial charge in [-0.1, -0.05) is 9.24 Å². The third kappa shape index (κ3) is 1.72. The van der Waals surface area contributed by atoms with Gasteiger partial charge in [0.15, 0.2) is 11.5 Å². The number of aromatic nitrogens is 4. The minimum absolute atomic E-state index is 0.283. The van der Waals surface area contributed by atoms with E-state index in [9.17, 15) is 0 Å². The van der Waals surface area contributed by atoms with Crippen molar-refractivity contribution in [2.75, 3.05) is 12.1 Å². The SMILES string of the molecule is CCn1cnc2c(N)nc(OCP)nc21. The molecule has 6 nitrogen and oxygen atoms in total. The summed E-state index contributed by atoms with van der Waals surface area (Å²) in [7, 11) is 2.44. The van der Waals surface area contributed by atoms with Gasteiger partial charge in [0.2, 0.25) is 0 Å². The molecule has 15 heavy (non-hydrogen) atoms. The Morgan fingerprint density at radius 2 is 2.33 bits per heavy atom. The van der Waals surface area contributed by atoms with Crippen LogP contribution in [0.2, 0.25) is 0 Å². The number of hydrogen-bond acceptors (Lipinski definition) is 5. The Bertz CT molecular complexity index is 483. The van der Waals surface area contributed by atoms with Gasteiger partial charge in [-0.2, -0.15) is 9.97 Å². The largest absolute Gasteiger partial charge is 0.459 e. The molecule has 2 heterocycles. The van der Waals surface area contributed by atoms with Gasteiger partial charge in [-0.25, -0.2) is 4.98 Å². The van der Waals surface area contributed by atoms with Crippen molar-refractivity contribution in [2.24, 2.45) is 0 Å². The number of hydrogen-bond donors (Lipinski definition) is 1. The van der Waals surface area contributed by atoms with Crippen LogP contribution in [0, 0.1) is 0 Å². The van der Waals surface area contributed by atoms with Crippen molar-refractivity contribution in [1.82, 2.24) is 19.5 Å². The first-order valence-electron chi connectivity index (χ1n) is 4.57. The predicted octanol–water partition coefficient (Wildman–Crippen LogP) is 0.640. The molecule has 0 spiro atoms. The summed E-state index contributed by atoms with van der Waals surface area (Å²) in [6, 6.07) is 0.283. The number of anilines is 1. The fourth-order valence-electron chi connectivity index (χ4n) is 1.32. The molecular formula is C8H12N5OP. The zero-order chi connectivity index (χ0) is 10.8. The Morgan fingerprint density at radius 3 is 3.00 bits per heavy atom. The second kappa shape index (κ2) is 3.98. The summed E-state index contributed by atoms with van der Waals surface area (Å²) in [5.41, 5.74) is 7.07. The average Bonchev–Trinajstić information content (AvgIpc) is 2.61. The van der Waals surface area contributed by atoms with E-state index in [1.165, 1.54) is 0 Å². The number of nitrogens with zero attached hydrogens (tertiary/aromatic N) is 4. The van der Waals surface area contributed by atoms with Crippen LogP contribution in [0.1, 0.15) is 6.92 Å². The van der Waals surface area contributed by atoms with Crippen LogP contribution in [0.5, 0.6) is 6.01 Å². The van der Waals surface area contributed by atoms with Crippen molar-refractivity contribution in [3.63, 3.8) is 0 Å². The van der Waals surface area contributed by atoms with Crippen LogP contribution < -0.4 is 10.5 Å². The minimum atomic E-state index is 0.283. The maximum atomic E-state index is 5.74. The van der Waals surface area contributed by atoms with Crippen molar-refractivity contribution < 1.29 is 4.74 Å². The molecule has 0 bridgehead atoms. The number of ether oxygens (including phenoxy) is 1. The quantitative estimate of drug-likeness (QED) is 0.775. The highest BCUT2D eigenvalue weighted by atomic mass is 31.0. The van der Waals surface area contributed by atoms with Gasteiger partial charge in [-0.3, -0.25) is 0 Å².